The highest BCUT2D eigenvalue weighted by atomic mass is 16.5. The molecule has 1 amide bonds. The van der Waals surface area contributed by atoms with Gasteiger partial charge in [-0.1, -0.05) is 248 Å². The summed E-state index contributed by atoms with van der Waals surface area (Å²) in [7, 11) is 0. The van der Waals surface area contributed by atoms with Gasteiger partial charge in [0.2, 0.25) is 5.91 Å². The molecule has 63 heavy (non-hydrogen) atoms. The Morgan fingerprint density at radius 1 is 0.476 bits per heavy atom. The van der Waals surface area contributed by atoms with Crippen LogP contribution in [0.25, 0.3) is 0 Å². The summed E-state index contributed by atoms with van der Waals surface area (Å²) < 4.78 is 5.92. The highest BCUT2D eigenvalue weighted by molar-refractivity contribution is 5.77. The van der Waals surface area contributed by atoms with Gasteiger partial charge in [-0.05, 0) is 64.2 Å². The average Bonchev–Trinajstić information content (AvgIpc) is 3.28. The van der Waals surface area contributed by atoms with Crippen LogP contribution in [0.3, 0.4) is 0 Å². The van der Waals surface area contributed by atoms with Gasteiger partial charge in [-0.2, -0.15) is 0 Å². The number of allylic oxidation sites excluding steroid dienone is 10. The van der Waals surface area contributed by atoms with Crippen LogP contribution >= 0.6 is 0 Å². The highest BCUT2D eigenvalue weighted by Gasteiger charge is 2.24. The number of hydrogen-bond acceptors (Lipinski definition) is 5. The van der Waals surface area contributed by atoms with Crippen molar-refractivity contribution < 1.29 is 24.5 Å². The second-order valence-corrected chi connectivity index (χ2v) is 18.3. The maximum atomic E-state index is 13.2. The molecule has 0 aromatic rings. The van der Waals surface area contributed by atoms with E-state index in [-0.39, 0.29) is 24.9 Å². The van der Waals surface area contributed by atoms with Crippen molar-refractivity contribution in [3.8, 4) is 0 Å². The molecule has 0 saturated carbocycles. The number of amides is 1. The summed E-state index contributed by atoms with van der Waals surface area (Å²) in [5.41, 5.74) is 0. The molecular weight excluding hydrogens is 779 g/mol. The summed E-state index contributed by atoms with van der Waals surface area (Å²) >= 11 is 0. The molecule has 0 saturated heterocycles. The van der Waals surface area contributed by atoms with E-state index in [0.29, 0.717) is 19.3 Å². The van der Waals surface area contributed by atoms with Crippen LogP contribution in [0.4, 0.5) is 0 Å². The van der Waals surface area contributed by atoms with Crippen LogP contribution in [0.15, 0.2) is 60.8 Å². The van der Waals surface area contributed by atoms with Crippen molar-refractivity contribution in [1.29, 1.82) is 0 Å². The van der Waals surface area contributed by atoms with E-state index in [0.717, 1.165) is 83.5 Å². The molecule has 0 heterocycles. The van der Waals surface area contributed by atoms with Gasteiger partial charge in [0.15, 0.2) is 0 Å². The highest BCUT2D eigenvalue weighted by Crippen LogP contribution is 2.17. The number of hydrogen-bond donors (Lipinski definition) is 3. The van der Waals surface area contributed by atoms with E-state index in [9.17, 15) is 19.8 Å². The number of nitrogens with one attached hydrogen (secondary N) is 1. The molecule has 0 aromatic carbocycles. The van der Waals surface area contributed by atoms with Crippen molar-refractivity contribution in [3.63, 3.8) is 0 Å². The molecule has 6 heteroatoms. The number of aliphatic hydroxyl groups excluding tert-OH is 2. The van der Waals surface area contributed by atoms with E-state index in [1.807, 2.05) is 0 Å². The second kappa shape index (κ2) is 50.6. The zero-order valence-corrected chi connectivity index (χ0v) is 41.7. The predicted molar refractivity (Wildman–Crippen MR) is 273 cm³/mol. The van der Waals surface area contributed by atoms with Crippen LogP contribution in [-0.4, -0.2) is 46.9 Å². The number of carbonyl (C=O) groups excluding carboxylic acids is 2. The van der Waals surface area contributed by atoms with E-state index in [2.05, 4.69) is 86.8 Å². The Labute approximate surface area is 390 Å². The quantitative estimate of drug-likeness (QED) is 0.0321. The maximum absolute atomic E-state index is 13.2. The number of ether oxygens (including phenoxy) is 1. The fraction of sp³-hybridized carbons (Fsp3) is 0.789. The molecule has 3 N–H and O–H groups in total. The zero-order valence-electron chi connectivity index (χ0n) is 41.7. The Morgan fingerprint density at radius 2 is 0.857 bits per heavy atom. The van der Waals surface area contributed by atoms with Gasteiger partial charge in [-0.3, -0.25) is 9.59 Å². The third kappa shape index (κ3) is 45.9. The number of esters is 1. The van der Waals surface area contributed by atoms with Crippen LogP contribution in [0.5, 0.6) is 0 Å². The molecular formula is C57H103NO5. The zero-order chi connectivity index (χ0) is 45.9. The fourth-order valence-corrected chi connectivity index (χ4v) is 8.05. The van der Waals surface area contributed by atoms with E-state index in [4.69, 9.17) is 4.74 Å². The lowest BCUT2D eigenvalue weighted by atomic mass is 10.0. The summed E-state index contributed by atoms with van der Waals surface area (Å²) in [4.78, 5) is 26.2. The van der Waals surface area contributed by atoms with Crippen molar-refractivity contribution >= 4 is 11.9 Å². The second-order valence-electron chi connectivity index (χ2n) is 18.3. The molecule has 366 valence electrons. The molecule has 0 radical (unpaired) electrons. The molecule has 0 rings (SSSR count). The van der Waals surface area contributed by atoms with Crippen LogP contribution in [0, 0.1) is 0 Å². The van der Waals surface area contributed by atoms with Gasteiger partial charge < -0.3 is 20.3 Å². The molecule has 0 aliphatic carbocycles. The van der Waals surface area contributed by atoms with Gasteiger partial charge >= 0.3 is 5.97 Å². The van der Waals surface area contributed by atoms with E-state index < -0.39 is 18.2 Å². The summed E-state index contributed by atoms with van der Waals surface area (Å²) in [6, 6.07) is -0.719. The number of rotatable bonds is 48. The minimum atomic E-state index is -0.802. The molecule has 0 bridgehead atoms. The van der Waals surface area contributed by atoms with Crippen molar-refractivity contribution in [1.82, 2.24) is 5.32 Å². The van der Waals surface area contributed by atoms with Crippen LogP contribution in [-0.2, 0) is 14.3 Å². The molecule has 0 aliphatic rings. The molecule has 6 nitrogen and oxygen atoms in total. The fourth-order valence-electron chi connectivity index (χ4n) is 8.05. The third-order valence-corrected chi connectivity index (χ3v) is 12.1. The Bertz CT molecular complexity index is 1130. The summed E-state index contributed by atoms with van der Waals surface area (Å²) in [6.45, 7) is 6.36. The van der Waals surface area contributed by atoms with Crippen LogP contribution in [0.2, 0.25) is 0 Å². The molecule has 3 atom stereocenters. The van der Waals surface area contributed by atoms with Gasteiger partial charge in [0, 0.05) is 6.42 Å². The first kappa shape index (κ1) is 60.6. The lowest BCUT2D eigenvalue weighted by Gasteiger charge is -2.24. The smallest absolute Gasteiger partial charge is 0.306 e. The molecule has 0 aromatic heterocycles. The molecule has 0 spiro atoms. The lowest BCUT2D eigenvalue weighted by molar-refractivity contribution is -0.151. The van der Waals surface area contributed by atoms with Gasteiger partial charge in [0.05, 0.1) is 25.2 Å². The van der Waals surface area contributed by atoms with E-state index in [1.54, 1.807) is 0 Å². The van der Waals surface area contributed by atoms with Crippen LogP contribution < -0.4 is 5.32 Å². The largest absolute Gasteiger partial charge is 0.462 e. The van der Waals surface area contributed by atoms with Gasteiger partial charge in [-0.25, -0.2) is 0 Å². The molecule has 3 unspecified atom stereocenters. The van der Waals surface area contributed by atoms with Gasteiger partial charge in [-0.15, -0.1) is 0 Å². The van der Waals surface area contributed by atoms with Crippen molar-refractivity contribution in [2.24, 2.45) is 0 Å². The van der Waals surface area contributed by atoms with E-state index in [1.165, 1.54) is 135 Å². The Hall–Kier alpha value is -2.44. The minimum absolute atomic E-state index is 0.0397. The van der Waals surface area contributed by atoms with Crippen molar-refractivity contribution in [2.45, 2.75) is 283 Å². The van der Waals surface area contributed by atoms with E-state index >= 15 is 0 Å². The number of unbranched alkanes of at least 4 members (excludes halogenated alkanes) is 26. The van der Waals surface area contributed by atoms with Crippen molar-refractivity contribution in [2.75, 3.05) is 6.61 Å². The lowest BCUT2D eigenvalue weighted by Crippen LogP contribution is -2.46. The summed E-state index contributed by atoms with van der Waals surface area (Å²) in [6.07, 6.45) is 62.9. The maximum Gasteiger partial charge on any atom is 0.306 e. The Morgan fingerprint density at radius 3 is 1.27 bits per heavy atom. The summed E-state index contributed by atoms with van der Waals surface area (Å²) in [5.74, 6) is -0.523. The Balaban J connectivity index is 4.67. The first-order valence-corrected chi connectivity index (χ1v) is 27.0. The van der Waals surface area contributed by atoms with Crippen molar-refractivity contribution in [3.05, 3.63) is 60.8 Å². The molecule has 0 fully saturated rings. The molecule has 0 aliphatic heterocycles. The average molecular weight is 882 g/mol. The number of carbonyl (C=O) groups is 2. The first-order chi connectivity index (χ1) is 31.0. The van der Waals surface area contributed by atoms with Gasteiger partial charge in [0.1, 0.15) is 6.10 Å². The first-order valence-electron chi connectivity index (χ1n) is 27.0. The minimum Gasteiger partial charge on any atom is -0.462 e. The predicted octanol–water partition coefficient (Wildman–Crippen LogP) is 16.4. The SMILES string of the molecule is CC/C=C\C/C=C\C/C=C\C/C=C\C/C=C\CCCC(CC(=O)NC(CO)C(O)CCCCCCCCCCCCC)OC(=O)CCCCCCCCCCCCCCCCCC. The monoisotopic (exact) mass is 882 g/mol. The standard InChI is InChI=1S/C57H103NO5/c1-4-7-10-13-16-19-22-24-26-28-29-31-34-36-39-42-45-48-53(63-57(62)50-47-44-41-38-35-32-30-27-25-23-20-17-14-11-8-5-2)51-56(61)58-54(52-59)55(60)49-46-43-40-37-33-21-18-15-12-9-6-3/h7,10,16,19,24,26,29,31,36,39,53-55,59-60H,4-6,8-9,11-15,17-18,20-23,25,27-28,30,32-35,37-38,40-52H2,1-3H3,(H,58,61)/b10-7-,19-16-,26-24-,31-29-,39-36-. The topological polar surface area (TPSA) is 95.9 Å². The van der Waals surface area contributed by atoms with Gasteiger partial charge in [0.25, 0.3) is 0 Å². The normalized spacial score (nSPS) is 13.7. The third-order valence-electron chi connectivity index (χ3n) is 12.1. The Kier molecular flexibility index (Phi) is 48.6. The van der Waals surface area contributed by atoms with Crippen LogP contribution in [0.1, 0.15) is 265 Å². The number of aliphatic hydroxyl groups is 2. The summed E-state index contributed by atoms with van der Waals surface area (Å²) in [5, 5.41) is 23.8.